The number of nitrogens with zero attached hydrogens (tertiary/aromatic N) is 2. The number of furan rings is 2. The Morgan fingerprint density at radius 1 is 1.09 bits per heavy atom. The summed E-state index contributed by atoms with van der Waals surface area (Å²) >= 11 is 1.60. The highest BCUT2D eigenvalue weighted by Crippen LogP contribution is 2.26. The first-order chi connectivity index (χ1) is 10.8. The molecule has 0 saturated carbocycles. The van der Waals surface area contributed by atoms with Crippen LogP contribution in [0.4, 0.5) is 0 Å². The molecule has 0 fully saturated rings. The lowest BCUT2D eigenvalue weighted by molar-refractivity contribution is 0.381. The van der Waals surface area contributed by atoms with Crippen LogP contribution in [0.15, 0.2) is 55.3 Å². The topological polar surface area (TPSA) is 65.2 Å². The highest BCUT2D eigenvalue weighted by atomic mass is 32.1. The molecule has 0 aromatic carbocycles. The standard InChI is InChI=1S/C16H12N2O3S/c1-10-17-14(9-22-10)16-5-4-11(20-16)7-12-8-13(18-21-12)15-3-2-6-19-15/h2-6,8-9H,7H2,1H3. The first-order valence-corrected chi connectivity index (χ1v) is 7.66. The summed E-state index contributed by atoms with van der Waals surface area (Å²) in [6.45, 7) is 1.97. The van der Waals surface area contributed by atoms with Crippen LogP contribution in [0.5, 0.6) is 0 Å². The zero-order chi connectivity index (χ0) is 14.9. The highest BCUT2D eigenvalue weighted by Gasteiger charge is 2.12. The largest absolute Gasteiger partial charge is 0.463 e. The summed E-state index contributed by atoms with van der Waals surface area (Å²) in [6, 6.07) is 9.37. The first-order valence-electron chi connectivity index (χ1n) is 6.78. The second-order valence-corrected chi connectivity index (χ2v) is 5.91. The van der Waals surface area contributed by atoms with Crippen LogP contribution in [0.2, 0.25) is 0 Å². The average Bonchev–Trinajstić information content (AvgIpc) is 3.26. The minimum atomic E-state index is 0.539. The molecule has 0 radical (unpaired) electrons. The number of hydrogen-bond donors (Lipinski definition) is 0. The second-order valence-electron chi connectivity index (χ2n) is 4.85. The van der Waals surface area contributed by atoms with E-state index in [1.807, 2.05) is 42.6 Å². The molecule has 0 saturated heterocycles. The van der Waals surface area contributed by atoms with Gasteiger partial charge in [0.1, 0.15) is 22.9 Å². The van der Waals surface area contributed by atoms with Crippen LogP contribution in [-0.2, 0) is 6.42 Å². The Labute approximate surface area is 130 Å². The molecule has 0 spiro atoms. The number of aromatic nitrogens is 2. The minimum Gasteiger partial charge on any atom is -0.463 e. The molecule has 4 aromatic heterocycles. The maximum Gasteiger partial charge on any atom is 0.155 e. The van der Waals surface area contributed by atoms with E-state index in [9.17, 15) is 0 Å². The van der Waals surface area contributed by atoms with E-state index < -0.39 is 0 Å². The van der Waals surface area contributed by atoms with Crippen LogP contribution in [0.25, 0.3) is 22.9 Å². The third kappa shape index (κ3) is 2.48. The quantitative estimate of drug-likeness (QED) is 0.553. The first kappa shape index (κ1) is 13.1. The Morgan fingerprint density at radius 2 is 2.05 bits per heavy atom. The molecule has 0 atom stereocenters. The minimum absolute atomic E-state index is 0.539. The smallest absolute Gasteiger partial charge is 0.155 e. The van der Waals surface area contributed by atoms with Crippen LogP contribution in [-0.4, -0.2) is 10.1 Å². The van der Waals surface area contributed by atoms with Crippen molar-refractivity contribution < 1.29 is 13.4 Å². The van der Waals surface area contributed by atoms with Crippen molar-refractivity contribution in [1.82, 2.24) is 10.1 Å². The fourth-order valence-corrected chi connectivity index (χ4v) is 2.80. The van der Waals surface area contributed by atoms with Gasteiger partial charge in [0.2, 0.25) is 0 Å². The number of thiazole rings is 1. The number of aryl methyl sites for hydroxylation is 1. The van der Waals surface area contributed by atoms with E-state index in [0.717, 1.165) is 28.0 Å². The van der Waals surface area contributed by atoms with Crippen molar-refractivity contribution >= 4 is 11.3 Å². The lowest BCUT2D eigenvalue weighted by atomic mass is 10.2. The van der Waals surface area contributed by atoms with E-state index in [1.54, 1.807) is 17.6 Å². The lowest BCUT2D eigenvalue weighted by Gasteiger charge is -1.92. The molecular weight excluding hydrogens is 300 g/mol. The van der Waals surface area contributed by atoms with Gasteiger partial charge in [0.15, 0.2) is 11.5 Å². The van der Waals surface area contributed by atoms with E-state index in [4.69, 9.17) is 13.4 Å². The van der Waals surface area contributed by atoms with E-state index in [2.05, 4.69) is 10.1 Å². The van der Waals surface area contributed by atoms with E-state index in [0.29, 0.717) is 17.9 Å². The van der Waals surface area contributed by atoms with Crippen LogP contribution in [0.1, 0.15) is 16.5 Å². The van der Waals surface area contributed by atoms with Gasteiger partial charge in [-0.25, -0.2) is 4.98 Å². The van der Waals surface area contributed by atoms with Crippen LogP contribution in [0.3, 0.4) is 0 Å². The third-order valence-corrected chi connectivity index (χ3v) is 3.99. The van der Waals surface area contributed by atoms with E-state index in [-0.39, 0.29) is 0 Å². The zero-order valence-corrected chi connectivity index (χ0v) is 12.6. The van der Waals surface area contributed by atoms with Gasteiger partial charge in [0, 0.05) is 11.4 Å². The number of hydrogen-bond acceptors (Lipinski definition) is 6. The molecule has 0 bridgehead atoms. The van der Waals surface area contributed by atoms with E-state index >= 15 is 0 Å². The van der Waals surface area contributed by atoms with Gasteiger partial charge in [-0.05, 0) is 31.2 Å². The van der Waals surface area contributed by atoms with Gasteiger partial charge < -0.3 is 13.4 Å². The third-order valence-electron chi connectivity index (χ3n) is 3.21. The second kappa shape index (κ2) is 5.31. The molecule has 110 valence electrons. The fourth-order valence-electron chi connectivity index (χ4n) is 2.20. The summed E-state index contributed by atoms with van der Waals surface area (Å²) in [5, 5.41) is 7.01. The fraction of sp³-hybridized carbons (Fsp3) is 0.125. The Morgan fingerprint density at radius 3 is 2.82 bits per heavy atom. The van der Waals surface area contributed by atoms with Gasteiger partial charge >= 0.3 is 0 Å². The molecule has 5 nitrogen and oxygen atoms in total. The molecule has 0 N–H and O–H groups in total. The predicted molar refractivity (Wildman–Crippen MR) is 81.6 cm³/mol. The molecule has 22 heavy (non-hydrogen) atoms. The Bertz CT molecular complexity index is 886. The van der Waals surface area contributed by atoms with Gasteiger partial charge in [-0.15, -0.1) is 11.3 Å². The Kier molecular flexibility index (Phi) is 3.16. The Balaban J connectivity index is 1.53. The summed E-state index contributed by atoms with van der Waals surface area (Å²) in [4.78, 5) is 4.42. The SMILES string of the molecule is Cc1nc(-c2ccc(Cc3cc(-c4ccco4)no3)o2)cs1. The van der Waals surface area contributed by atoms with Gasteiger partial charge in [-0.3, -0.25) is 0 Å². The van der Waals surface area contributed by atoms with Crippen molar-refractivity contribution in [2.75, 3.05) is 0 Å². The summed E-state index contributed by atoms with van der Waals surface area (Å²) in [6.07, 6.45) is 2.15. The van der Waals surface area contributed by atoms with Crippen molar-refractivity contribution in [3.05, 3.63) is 58.5 Å². The molecule has 0 aliphatic rings. The summed E-state index contributed by atoms with van der Waals surface area (Å²) in [5.74, 6) is 2.99. The summed E-state index contributed by atoms with van der Waals surface area (Å²) in [7, 11) is 0. The van der Waals surface area contributed by atoms with E-state index in [1.165, 1.54) is 0 Å². The predicted octanol–water partition coefficient (Wildman–Crippen LogP) is 4.55. The summed E-state index contributed by atoms with van der Waals surface area (Å²) < 4.78 is 16.4. The van der Waals surface area contributed by atoms with Gasteiger partial charge in [0.25, 0.3) is 0 Å². The van der Waals surface area contributed by atoms with Crippen LogP contribution < -0.4 is 0 Å². The average molecular weight is 312 g/mol. The Hall–Kier alpha value is -2.60. The molecule has 4 heterocycles. The molecule has 6 heteroatoms. The molecule has 0 aliphatic heterocycles. The van der Waals surface area contributed by atoms with Crippen LogP contribution >= 0.6 is 11.3 Å². The monoisotopic (exact) mass is 312 g/mol. The van der Waals surface area contributed by atoms with Gasteiger partial charge in [0.05, 0.1) is 17.7 Å². The van der Waals surface area contributed by atoms with Crippen molar-refractivity contribution in [2.45, 2.75) is 13.3 Å². The molecule has 4 rings (SSSR count). The van der Waals surface area contributed by atoms with Crippen molar-refractivity contribution in [3.8, 4) is 22.9 Å². The van der Waals surface area contributed by atoms with Crippen LogP contribution in [0, 0.1) is 6.92 Å². The lowest BCUT2D eigenvalue weighted by Crippen LogP contribution is -1.81. The molecular formula is C16H12N2O3S. The normalized spacial score (nSPS) is 11.1. The molecule has 0 aliphatic carbocycles. The molecule has 0 amide bonds. The maximum absolute atomic E-state index is 5.82. The molecule has 4 aromatic rings. The van der Waals surface area contributed by atoms with Crippen molar-refractivity contribution in [2.24, 2.45) is 0 Å². The van der Waals surface area contributed by atoms with Gasteiger partial charge in [-0.1, -0.05) is 5.16 Å². The van der Waals surface area contributed by atoms with Crippen molar-refractivity contribution in [3.63, 3.8) is 0 Å². The zero-order valence-electron chi connectivity index (χ0n) is 11.8. The highest BCUT2D eigenvalue weighted by molar-refractivity contribution is 7.09. The van der Waals surface area contributed by atoms with Crippen molar-refractivity contribution in [1.29, 1.82) is 0 Å². The molecule has 0 unspecified atom stereocenters. The maximum atomic E-state index is 5.82. The van der Waals surface area contributed by atoms with Gasteiger partial charge in [-0.2, -0.15) is 0 Å². The summed E-state index contributed by atoms with van der Waals surface area (Å²) in [5.41, 5.74) is 1.55. The number of rotatable bonds is 4.